The molecule has 16 heteroatoms. The lowest BCUT2D eigenvalue weighted by molar-refractivity contribution is -0.131. The standard InChI is InChI=1S/C27H42N6O9S/c1-18-13-15-33(32-43(38,39)19-11-9-8-10-12-19)22(35)20(18)17-21(34)28-14-16-40-31-23(29-24(36)41-26(2,3)4)30-25(37)42-27(5,6)7/h8-12,23,31-32H,13-17H2,1-7H3,(H,28,34)(H,29,36)(H,30,37). The Labute approximate surface area is 252 Å². The first-order valence-electron chi connectivity index (χ1n) is 13.6. The molecular weight excluding hydrogens is 584 g/mol. The summed E-state index contributed by atoms with van der Waals surface area (Å²) in [7, 11) is -3.98. The molecule has 0 spiro atoms. The van der Waals surface area contributed by atoms with E-state index in [9.17, 15) is 27.6 Å². The van der Waals surface area contributed by atoms with Gasteiger partial charge in [0.15, 0.2) is 6.29 Å². The minimum absolute atomic E-state index is 0.00228. The number of sulfonamides is 1. The summed E-state index contributed by atoms with van der Waals surface area (Å²) in [6.07, 6.45) is -2.79. The van der Waals surface area contributed by atoms with Crippen LogP contribution in [-0.2, 0) is 33.9 Å². The SMILES string of the molecule is CC1=C(CC(=O)NCCONC(NC(=O)OC(C)(C)C)NC(=O)OC(C)(C)C)C(=O)N(NS(=O)(=O)c2ccccc2)CC1. The molecule has 0 aliphatic carbocycles. The Balaban J connectivity index is 1.87. The van der Waals surface area contributed by atoms with Gasteiger partial charge in [0, 0.05) is 18.7 Å². The normalized spacial score (nSPS) is 14.4. The van der Waals surface area contributed by atoms with E-state index >= 15 is 0 Å². The Morgan fingerprint density at radius 2 is 1.51 bits per heavy atom. The molecule has 43 heavy (non-hydrogen) atoms. The summed E-state index contributed by atoms with van der Waals surface area (Å²) in [5, 5.41) is 8.37. The van der Waals surface area contributed by atoms with Crippen LogP contribution in [0.5, 0.6) is 0 Å². The maximum atomic E-state index is 13.0. The molecule has 15 nitrogen and oxygen atoms in total. The molecule has 1 aliphatic rings. The van der Waals surface area contributed by atoms with E-state index in [1.807, 2.05) is 0 Å². The maximum Gasteiger partial charge on any atom is 0.410 e. The molecule has 0 saturated heterocycles. The van der Waals surface area contributed by atoms with Crippen molar-refractivity contribution < 1.29 is 41.9 Å². The number of benzene rings is 1. The van der Waals surface area contributed by atoms with Crippen molar-refractivity contribution in [3.63, 3.8) is 0 Å². The molecule has 5 N–H and O–H groups in total. The highest BCUT2D eigenvalue weighted by molar-refractivity contribution is 7.89. The summed E-state index contributed by atoms with van der Waals surface area (Å²) < 4.78 is 35.7. The van der Waals surface area contributed by atoms with Gasteiger partial charge < -0.3 is 14.8 Å². The molecule has 0 unspecified atom stereocenters. The average molecular weight is 627 g/mol. The molecule has 0 atom stereocenters. The van der Waals surface area contributed by atoms with Crippen LogP contribution in [0.2, 0.25) is 0 Å². The number of nitrogens with one attached hydrogen (secondary N) is 5. The summed E-state index contributed by atoms with van der Waals surface area (Å²) in [4.78, 5) is 57.5. The van der Waals surface area contributed by atoms with E-state index in [0.717, 1.165) is 5.01 Å². The molecule has 4 amide bonds. The van der Waals surface area contributed by atoms with Crippen LogP contribution in [0.1, 0.15) is 61.3 Å². The molecule has 1 aromatic rings. The van der Waals surface area contributed by atoms with E-state index in [1.54, 1.807) is 66.7 Å². The van der Waals surface area contributed by atoms with Crippen molar-refractivity contribution in [3.05, 3.63) is 41.5 Å². The number of carbonyl (C=O) groups excluding carboxylic acids is 4. The zero-order valence-corrected chi connectivity index (χ0v) is 26.3. The topological polar surface area (TPSA) is 194 Å². The number of hydrazine groups is 1. The van der Waals surface area contributed by atoms with E-state index in [4.69, 9.17) is 14.3 Å². The van der Waals surface area contributed by atoms with E-state index in [2.05, 4.69) is 26.3 Å². The Morgan fingerprint density at radius 3 is 2.05 bits per heavy atom. The van der Waals surface area contributed by atoms with E-state index in [1.165, 1.54) is 12.1 Å². The quantitative estimate of drug-likeness (QED) is 0.130. The zero-order valence-electron chi connectivity index (χ0n) is 25.5. The number of nitrogens with zero attached hydrogens (tertiary/aromatic N) is 1. The molecule has 0 aromatic heterocycles. The first-order valence-corrected chi connectivity index (χ1v) is 15.1. The molecule has 0 bridgehead atoms. The zero-order chi connectivity index (χ0) is 32.4. The molecule has 1 heterocycles. The predicted molar refractivity (Wildman–Crippen MR) is 155 cm³/mol. The van der Waals surface area contributed by atoms with Gasteiger partial charge >= 0.3 is 12.2 Å². The van der Waals surface area contributed by atoms with E-state index in [-0.39, 0.29) is 36.6 Å². The number of amides is 4. The van der Waals surface area contributed by atoms with Gasteiger partial charge in [-0.1, -0.05) is 23.8 Å². The van der Waals surface area contributed by atoms with Gasteiger partial charge in [-0.05, 0) is 67.0 Å². The van der Waals surface area contributed by atoms with Crippen LogP contribution in [0.3, 0.4) is 0 Å². The third kappa shape index (κ3) is 13.0. The number of carbonyl (C=O) groups is 4. The second-order valence-corrected chi connectivity index (χ2v) is 13.3. The second-order valence-electron chi connectivity index (χ2n) is 11.6. The number of ether oxygens (including phenoxy) is 2. The average Bonchev–Trinajstić information content (AvgIpc) is 2.86. The van der Waals surface area contributed by atoms with Crippen LogP contribution >= 0.6 is 0 Å². The number of alkyl carbamates (subject to hydrolysis) is 2. The minimum Gasteiger partial charge on any atom is -0.444 e. The summed E-state index contributed by atoms with van der Waals surface area (Å²) >= 11 is 0. The fourth-order valence-electron chi connectivity index (χ4n) is 3.54. The lowest BCUT2D eigenvalue weighted by Crippen LogP contribution is -2.58. The van der Waals surface area contributed by atoms with Crippen molar-refractivity contribution in [1.29, 1.82) is 0 Å². The maximum absolute atomic E-state index is 13.0. The van der Waals surface area contributed by atoms with Crippen LogP contribution in [0.4, 0.5) is 9.59 Å². The minimum atomic E-state index is -3.98. The van der Waals surface area contributed by atoms with Gasteiger partial charge in [-0.3, -0.25) is 30.1 Å². The van der Waals surface area contributed by atoms with E-state index in [0.29, 0.717) is 12.0 Å². The third-order valence-electron chi connectivity index (χ3n) is 5.40. The number of rotatable bonds is 12. The van der Waals surface area contributed by atoms with Gasteiger partial charge in [-0.25, -0.2) is 18.0 Å². The number of hydrogen-bond acceptors (Lipinski definition) is 10. The summed E-state index contributed by atoms with van der Waals surface area (Å²) in [6, 6.07) is 7.64. The van der Waals surface area contributed by atoms with Crippen molar-refractivity contribution in [3.8, 4) is 0 Å². The molecule has 2 rings (SSSR count). The van der Waals surface area contributed by atoms with Gasteiger partial charge in [0.05, 0.1) is 17.9 Å². The van der Waals surface area contributed by atoms with Crippen molar-refractivity contribution in [1.82, 2.24) is 31.3 Å². The first-order chi connectivity index (χ1) is 19.9. The van der Waals surface area contributed by atoms with Gasteiger partial charge in [-0.2, -0.15) is 5.48 Å². The van der Waals surface area contributed by atoms with Crippen LogP contribution < -0.4 is 26.3 Å². The molecule has 0 fully saturated rings. The third-order valence-corrected chi connectivity index (χ3v) is 6.75. The van der Waals surface area contributed by atoms with Gasteiger partial charge in [0.2, 0.25) is 5.91 Å². The van der Waals surface area contributed by atoms with Gasteiger partial charge in [0.1, 0.15) is 11.2 Å². The number of hydroxylamine groups is 1. The predicted octanol–water partition coefficient (Wildman–Crippen LogP) is 1.79. The van der Waals surface area contributed by atoms with Crippen LogP contribution in [-0.4, -0.2) is 74.6 Å². The molecule has 1 aliphatic heterocycles. The van der Waals surface area contributed by atoms with Gasteiger partial charge in [-0.15, -0.1) is 4.83 Å². The van der Waals surface area contributed by atoms with Crippen molar-refractivity contribution in [2.24, 2.45) is 0 Å². The highest BCUT2D eigenvalue weighted by Gasteiger charge is 2.30. The largest absolute Gasteiger partial charge is 0.444 e. The fraction of sp³-hybridized carbons (Fsp3) is 0.556. The van der Waals surface area contributed by atoms with Crippen molar-refractivity contribution in [2.45, 2.75) is 83.7 Å². The van der Waals surface area contributed by atoms with Crippen molar-refractivity contribution >= 4 is 34.0 Å². The fourth-order valence-corrected chi connectivity index (χ4v) is 4.63. The molecule has 0 saturated carbocycles. The second kappa shape index (κ2) is 15.1. The lowest BCUT2D eigenvalue weighted by atomic mass is 9.99. The smallest absolute Gasteiger partial charge is 0.410 e. The Bertz CT molecular complexity index is 1260. The van der Waals surface area contributed by atoms with E-state index < -0.39 is 51.5 Å². The van der Waals surface area contributed by atoms with Crippen LogP contribution in [0, 0.1) is 0 Å². The Morgan fingerprint density at radius 1 is 0.953 bits per heavy atom. The molecular formula is C27H42N6O9S. The molecule has 0 radical (unpaired) electrons. The van der Waals surface area contributed by atoms with Crippen molar-refractivity contribution in [2.75, 3.05) is 19.7 Å². The van der Waals surface area contributed by atoms with Crippen LogP contribution in [0.25, 0.3) is 0 Å². The van der Waals surface area contributed by atoms with Gasteiger partial charge in [0.25, 0.3) is 15.9 Å². The van der Waals surface area contributed by atoms with Crippen LogP contribution in [0.15, 0.2) is 46.4 Å². The summed E-state index contributed by atoms with van der Waals surface area (Å²) in [6.45, 7) is 11.8. The molecule has 240 valence electrons. The Hall–Kier alpha value is -3.73. The highest BCUT2D eigenvalue weighted by atomic mass is 32.2. The summed E-state index contributed by atoms with van der Waals surface area (Å²) in [5.41, 5.74) is 1.73. The molecule has 1 aromatic carbocycles. The Kier molecular flexibility index (Phi) is 12.5. The monoisotopic (exact) mass is 626 g/mol. The number of hydrogen-bond donors (Lipinski definition) is 5. The highest BCUT2D eigenvalue weighted by Crippen LogP contribution is 2.21. The summed E-state index contributed by atoms with van der Waals surface area (Å²) in [5.74, 6) is -1.10. The lowest BCUT2D eigenvalue weighted by Gasteiger charge is -2.29. The first kappa shape index (κ1) is 35.5.